The van der Waals surface area contributed by atoms with Gasteiger partial charge in [-0.1, -0.05) is 38.1 Å². The number of nitrogens with one attached hydrogen (secondary N) is 3. The number of amidine groups is 1. The summed E-state index contributed by atoms with van der Waals surface area (Å²) < 4.78 is 46.3. The van der Waals surface area contributed by atoms with Crippen molar-refractivity contribution in [3.8, 4) is 12.8 Å². The van der Waals surface area contributed by atoms with Crippen molar-refractivity contribution in [1.29, 1.82) is 0 Å². The second-order valence-electron chi connectivity index (χ2n) is 9.79. The quantitative estimate of drug-likeness (QED) is 0.151. The minimum absolute atomic E-state index is 0.154. The Balaban J connectivity index is 0.00000274. The normalized spacial score (nSPS) is 15.3. The Labute approximate surface area is 236 Å². The lowest BCUT2D eigenvalue weighted by Gasteiger charge is -2.27. The first-order valence-corrected chi connectivity index (χ1v) is 13.2. The van der Waals surface area contributed by atoms with Gasteiger partial charge >= 0.3 is 6.18 Å². The maximum Gasteiger partial charge on any atom is 0.413 e. The van der Waals surface area contributed by atoms with Crippen LogP contribution in [0.1, 0.15) is 50.3 Å². The number of halogens is 3. The fourth-order valence-corrected chi connectivity index (χ4v) is 4.00. The first-order valence-electron chi connectivity index (χ1n) is 13.2. The summed E-state index contributed by atoms with van der Waals surface area (Å²) in [5, 5.41) is 10.1. The summed E-state index contributed by atoms with van der Waals surface area (Å²) >= 11 is 0. The van der Waals surface area contributed by atoms with Gasteiger partial charge in [0, 0.05) is 42.0 Å². The molecule has 40 heavy (non-hydrogen) atoms. The van der Waals surface area contributed by atoms with Gasteiger partial charge in [-0.05, 0) is 67.4 Å². The van der Waals surface area contributed by atoms with Crippen molar-refractivity contribution in [1.82, 2.24) is 5.32 Å². The SMILES string of the molecule is C#C.CC(C)OCCNCC1N=C(Nc2ccc(C(C)C)cc2)c2ccc(C/C(=C\C=C/N)C(F)(F)F)cc2N1. The zero-order valence-electron chi connectivity index (χ0n) is 23.6. The van der Waals surface area contributed by atoms with Crippen molar-refractivity contribution in [2.75, 3.05) is 30.3 Å². The number of rotatable bonds is 11. The molecule has 0 aromatic heterocycles. The molecule has 5 N–H and O–H groups in total. The first-order chi connectivity index (χ1) is 19.1. The summed E-state index contributed by atoms with van der Waals surface area (Å²) in [5.74, 6) is 1.08. The maximum atomic E-state index is 13.6. The van der Waals surface area contributed by atoms with Crippen molar-refractivity contribution in [2.45, 2.75) is 58.5 Å². The van der Waals surface area contributed by atoms with Crippen LogP contribution in [0, 0.1) is 12.8 Å². The van der Waals surface area contributed by atoms with Gasteiger partial charge in [-0.25, -0.2) is 4.99 Å². The Hall–Kier alpha value is -3.74. The number of benzene rings is 2. The molecule has 0 aliphatic carbocycles. The lowest BCUT2D eigenvalue weighted by Crippen LogP contribution is -2.38. The number of alkyl halides is 3. The second-order valence-corrected chi connectivity index (χ2v) is 9.79. The van der Waals surface area contributed by atoms with Crippen molar-refractivity contribution < 1.29 is 17.9 Å². The number of allylic oxidation sites excluding steroid dienone is 3. The van der Waals surface area contributed by atoms with Gasteiger partial charge in [0.2, 0.25) is 0 Å². The van der Waals surface area contributed by atoms with Crippen LogP contribution < -0.4 is 21.7 Å². The molecule has 0 saturated heterocycles. The highest BCUT2D eigenvalue weighted by Crippen LogP contribution is 2.31. The van der Waals surface area contributed by atoms with E-state index < -0.39 is 11.7 Å². The average Bonchev–Trinajstić information content (AvgIpc) is 2.91. The third kappa shape index (κ3) is 10.1. The summed E-state index contributed by atoms with van der Waals surface area (Å²) in [4.78, 5) is 4.86. The fraction of sp³-hybridized carbons (Fsp3) is 0.387. The molecule has 1 aliphatic heterocycles. The maximum absolute atomic E-state index is 13.6. The van der Waals surface area contributed by atoms with Gasteiger partial charge in [0.15, 0.2) is 0 Å². The van der Waals surface area contributed by atoms with Crippen LogP contribution in [0.15, 0.2) is 71.4 Å². The number of aliphatic imine (C=N–C) groups is 1. The molecule has 1 unspecified atom stereocenters. The van der Waals surface area contributed by atoms with E-state index in [-0.39, 0.29) is 18.7 Å². The van der Waals surface area contributed by atoms with E-state index in [1.807, 2.05) is 26.0 Å². The summed E-state index contributed by atoms with van der Waals surface area (Å²) in [7, 11) is 0. The lowest BCUT2D eigenvalue weighted by atomic mass is 9.99. The average molecular weight is 556 g/mol. The molecule has 0 saturated carbocycles. The molecule has 9 heteroatoms. The molecular formula is C31H40F3N5O. The largest absolute Gasteiger partial charge is 0.413 e. The Bertz CT molecular complexity index is 1180. The summed E-state index contributed by atoms with van der Waals surface area (Å²) in [6, 6.07) is 13.4. The van der Waals surface area contributed by atoms with E-state index in [1.165, 1.54) is 11.6 Å². The Morgan fingerprint density at radius 3 is 2.42 bits per heavy atom. The highest BCUT2D eigenvalue weighted by atomic mass is 19.4. The van der Waals surface area contributed by atoms with Crippen molar-refractivity contribution in [3.63, 3.8) is 0 Å². The minimum atomic E-state index is -4.45. The molecule has 0 spiro atoms. The summed E-state index contributed by atoms with van der Waals surface area (Å²) in [6.07, 6.45) is 6.41. The highest BCUT2D eigenvalue weighted by Gasteiger charge is 2.33. The Kier molecular flexibility index (Phi) is 12.8. The zero-order valence-corrected chi connectivity index (χ0v) is 23.6. The summed E-state index contributed by atoms with van der Waals surface area (Å²) in [6.45, 7) is 10.0. The smallest absolute Gasteiger partial charge is 0.405 e. The van der Waals surface area contributed by atoms with E-state index in [0.29, 0.717) is 37.0 Å². The molecule has 2 aromatic rings. The molecule has 0 fully saturated rings. The van der Waals surface area contributed by atoms with Crippen molar-refractivity contribution in [2.24, 2.45) is 10.7 Å². The van der Waals surface area contributed by atoms with E-state index in [1.54, 1.807) is 18.2 Å². The standard InChI is InChI=1S/C29H38F3N5O.C2H2/c1-19(2)22-8-10-24(11-9-22)35-28-25-12-7-21(16-23(6-5-13-33)29(30,31)32)17-26(25)36-27(37-28)18-34-14-15-38-20(3)4;1-2/h5-13,17,19-20,27,34,36H,14-16,18,33H2,1-4H3,(H,35,37);1-2H/b13-5-,23-6+;. The molecule has 3 rings (SSSR count). The van der Waals surface area contributed by atoms with E-state index >= 15 is 0 Å². The van der Waals surface area contributed by atoms with Gasteiger partial charge in [-0.15, -0.1) is 12.8 Å². The zero-order chi connectivity index (χ0) is 29.7. The molecule has 216 valence electrons. The van der Waals surface area contributed by atoms with Crippen LogP contribution in [-0.2, 0) is 11.2 Å². The van der Waals surface area contributed by atoms with Crippen molar-refractivity contribution in [3.05, 3.63) is 83.1 Å². The number of fused-ring (bicyclic) bond motifs is 1. The van der Waals surface area contributed by atoms with Crippen LogP contribution in [0.25, 0.3) is 0 Å². The van der Waals surface area contributed by atoms with Crippen LogP contribution in [0.4, 0.5) is 24.5 Å². The van der Waals surface area contributed by atoms with Gasteiger partial charge in [0.1, 0.15) is 12.0 Å². The molecular weight excluding hydrogens is 515 g/mol. The van der Waals surface area contributed by atoms with Crippen molar-refractivity contribution >= 4 is 17.2 Å². The van der Waals surface area contributed by atoms with Gasteiger partial charge in [-0.2, -0.15) is 13.2 Å². The predicted molar refractivity (Wildman–Crippen MR) is 160 cm³/mol. The molecule has 6 nitrogen and oxygen atoms in total. The topological polar surface area (TPSA) is 83.7 Å². The van der Waals surface area contributed by atoms with Crippen LogP contribution >= 0.6 is 0 Å². The van der Waals surface area contributed by atoms with Crippen LogP contribution in [-0.4, -0.2) is 44.0 Å². The molecule has 1 heterocycles. The number of terminal acetylenes is 1. The van der Waals surface area contributed by atoms with Crippen LogP contribution in [0.2, 0.25) is 0 Å². The molecule has 0 radical (unpaired) electrons. The van der Waals surface area contributed by atoms with Gasteiger partial charge in [-0.3, -0.25) is 0 Å². The monoisotopic (exact) mass is 555 g/mol. The molecule has 0 bridgehead atoms. The molecule has 1 aliphatic rings. The van der Waals surface area contributed by atoms with Crippen LogP contribution in [0.5, 0.6) is 0 Å². The third-order valence-electron chi connectivity index (χ3n) is 6.02. The third-order valence-corrected chi connectivity index (χ3v) is 6.02. The first kappa shape index (κ1) is 32.5. The van der Waals surface area contributed by atoms with E-state index in [2.05, 4.69) is 54.8 Å². The molecule has 2 aromatic carbocycles. The molecule has 0 amide bonds. The van der Waals surface area contributed by atoms with E-state index in [0.717, 1.165) is 29.2 Å². The highest BCUT2D eigenvalue weighted by molar-refractivity contribution is 6.12. The lowest BCUT2D eigenvalue weighted by molar-refractivity contribution is -0.0931. The van der Waals surface area contributed by atoms with Crippen LogP contribution in [0.3, 0.4) is 0 Å². The van der Waals surface area contributed by atoms with E-state index in [9.17, 15) is 13.2 Å². The number of nitrogens with two attached hydrogens (primary N) is 1. The summed E-state index contributed by atoms with van der Waals surface area (Å²) in [5.41, 5.74) is 8.75. The number of nitrogens with zero attached hydrogens (tertiary/aromatic N) is 1. The number of hydrogen-bond donors (Lipinski definition) is 4. The Morgan fingerprint density at radius 1 is 1.12 bits per heavy atom. The van der Waals surface area contributed by atoms with Gasteiger partial charge in [0.05, 0.1) is 12.7 Å². The van der Waals surface area contributed by atoms with Gasteiger partial charge < -0.3 is 26.4 Å². The Morgan fingerprint density at radius 2 is 1.82 bits per heavy atom. The number of hydrogen-bond acceptors (Lipinski definition) is 6. The van der Waals surface area contributed by atoms with Gasteiger partial charge in [0.25, 0.3) is 0 Å². The number of ether oxygens (including phenoxy) is 1. The fourth-order valence-electron chi connectivity index (χ4n) is 4.00. The predicted octanol–water partition coefficient (Wildman–Crippen LogP) is 6.19. The number of anilines is 2. The second kappa shape index (κ2) is 15.8. The molecule has 1 atom stereocenters. The minimum Gasteiger partial charge on any atom is -0.405 e. The van der Waals surface area contributed by atoms with E-state index in [4.69, 9.17) is 15.5 Å².